The number of pyridine rings is 1. The Balaban J connectivity index is 1.61. The highest BCUT2D eigenvalue weighted by Gasteiger charge is 2.37. The Hall–Kier alpha value is -1.18. The van der Waals surface area contributed by atoms with Crippen LogP contribution in [-0.4, -0.2) is 54.3 Å². The SMILES string of the molecule is C[C@H]1CCCN(S(=O)(=O)N2CC[C@@H](Oc3cccnc3)C2)C1. The molecular weight excluding hydrogens is 302 g/mol. The highest BCUT2D eigenvalue weighted by atomic mass is 32.2. The lowest BCUT2D eigenvalue weighted by Crippen LogP contribution is -2.47. The van der Waals surface area contributed by atoms with E-state index in [0.29, 0.717) is 37.8 Å². The fraction of sp³-hybridized carbons (Fsp3) is 0.667. The molecule has 122 valence electrons. The minimum atomic E-state index is -3.35. The molecule has 2 aliphatic heterocycles. The Morgan fingerprint density at radius 3 is 2.77 bits per heavy atom. The Morgan fingerprint density at radius 1 is 1.23 bits per heavy atom. The highest BCUT2D eigenvalue weighted by molar-refractivity contribution is 7.86. The van der Waals surface area contributed by atoms with Crippen molar-refractivity contribution in [1.82, 2.24) is 13.6 Å². The van der Waals surface area contributed by atoms with Gasteiger partial charge in [0, 0.05) is 25.8 Å². The molecule has 0 unspecified atom stereocenters. The standard InChI is InChI=1S/C15H23N3O3S/c1-13-4-3-8-17(11-13)22(19,20)18-9-6-15(12-18)21-14-5-2-7-16-10-14/h2,5,7,10,13,15H,3-4,6,8-9,11-12H2,1H3/t13-,15+/m0/s1. The summed E-state index contributed by atoms with van der Waals surface area (Å²) in [5.41, 5.74) is 0. The third-order valence-electron chi connectivity index (χ3n) is 4.32. The van der Waals surface area contributed by atoms with E-state index in [0.717, 1.165) is 19.3 Å². The quantitative estimate of drug-likeness (QED) is 0.842. The van der Waals surface area contributed by atoms with Crippen LogP contribution in [0.25, 0.3) is 0 Å². The monoisotopic (exact) mass is 325 g/mol. The van der Waals surface area contributed by atoms with E-state index in [-0.39, 0.29) is 6.10 Å². The van der Waals surface area contributed by atoms with Gasteiger partial charge in [-0.1, -0.05) is 6.92 Å². The van der Waals surface area contributed by atoms with E-state index in [1.165, 1.54) is 0 Å². The first-order chi connectivity index (χ1) is 10.6. The van der Waals surface area contributed by atoms with Gasteiger partial charge < -0.3 is 4.74 Å². The summed E-state index contributed by atoms with van der Waals surface area (Å²) in [5, 5.41) is 0. The molecule has 2 atom stereocenters. The number of hydrogen-bond acceptors (Lipinski definition) is 4. The predicted octanol–water partition coefficient (Wildman–Crippen LogP) is 1.51. The van der Waals surface area contributed by atoms with Crippen molar-refractivity contribution in [3.05, 3.63) is 24.5 Å². The Bertz CT molecular complexity index is 593. The van der Waals surface area contributed by atoms with Gasteiger partial charge in [0.25, 0.3) is 10.2 Å². The van der Waals surface area contributed by atoms with Crippen LogP contribution < -0.4 is 4.74 Å². The lowest BCUT2D eigenvalue weighted by molar-refractivity contribution is 0.210. The van der Waals surface area contributed by atoms with Gasteiger partial charge >= 0.3 is 0 Å². The molecule has 1 aromatic rings. The van der Waals surface area contributed by atoms with Gasteiger partial charge in [-0.15, -0.1) is 0 Å². The molecule has 2 saturated heterocycles. The predicted molar refractivity (Wildman–Crippen MR) is 83.7 cm³/mol. The molecule has 7 heteroatoms. The average molecular weight is 325 g/mol. The number of hydrogen-bond donors (Lipinski definition) is 0. The van der Waals surface area contributed by atoms with Crippen molar-refractivity contribution in [3.63, 3.8) is 0 Å². The molecule has 0 amide bonds. The van der Waals surface area contributed by atoms with Gasteiger partial charge in [0.1, 0.15) is 11.9 Å². The zero-order valence-corrected chi connectivity index (χ0v) is 13.7. The molecule has 2 aliphatic rings. The molecule has 22 heavy (non-hydrogen) atoms. The normalized spacial score (nSPS) is 27.9. The second kappa shape index (κ2) is 6.52. The van der Waals surface area contributed by atoms with Crippen LogP contribution in [-0.2, 0) is 10.2 Å². The van der Waals surface area contributed by atoms with E-state index >= 15 is 0 Å². The number of rotatable bonds is 4. The van der Waals surface area contributed by atoms with E-state index in [9.17, 15) is 8.42 Å². The van der Waals surface area contributed by atoms with Crippen molar-refractivity contribution in [2.75, 3.05) is 26.2 Å². The van der Waals surface area contributed by atoms with Crippen molar-refractivity contribution in [3.8, 4) is 5.75 Å². The van der Waals surface area contributed by atoms with Crippen LogP contribution in [0.3, 0.4) is 0 Å². The van der Waals surface area contributed by atoms with Crippen LogP contribution in [0.2, 0.25) is 0 Å². The van der Waals surface area contributed by atoms with E-state index in [1.807, 2.05) is 12.1 Å². The third-order valence-corrected chi connectivity index (χ3v) is 6.29. The van der Waals surface area contributed by atoms with Crippen molar-refractivity contribution in [1.29, 1.82) is 0 Å². The van der Waals surface area contributed by atoms with Crippen molar-refractivity contribution in [2.45, 2.75) is 32.3 Å². The lowest BCUT2D eigenvalue weighted by Gasteiger charge is -2.33. The summed E-state index contributed by atoms with van der Waals surface area (Å²) < 4.78 is 34.4. The number of ether oxygens (including phenoxy) is 1. The first-order valence-electron chi connectivity index (χ1n) is 7.87. The first-order valence-corrected chi connectivity index (χ1v) is 9.27. The van der Waals surface area contributed by atoms with Crippen molar-refractivity contribution >= 4 is 10.2 Å². The van der Waals surface area contributed by atoms with Crippen molar-refractivity contribution < 1.29 is 13.2 Å². The molecule has 1 aromatic heterocycles. The largest absolute Gasteiger partial charge is 0.487 e. The third kappa shape index (κ3) is 3.42. The Labute approximate surface area is 132 Å². The van der Waals surface area contributed by atoms with Gasteiger partial charge in [-0.05, 0) is 37.3 Å². The molecule has 3 heterocycles. The smallest absolute Gasteiger partial charge is 0.282 e. The van der Waals surface area contributed by atoms with Gasteiger partial charge in [-0.2, -0.15) is 17.0 Å². The minimum Gasteiger partial charge on any atom is -0.487 e. The molecule has 3 rings (SSSR count). The first kappa shape index (κ1) is 15.7. The summed E-state index contributed by atoms with van der Waals surface area (Å²) in [7, 11) is -3.35. The molecule has 2 fully saturated rings. The Kier molecular flexibility index (Phi) is 4.65. The zero-order chi connectivity index (χ0) is 15.6. The molecule has 0 saturated carbocycles. The van der Waals surface area contributed by atoms with Gasteiger partial charge in [0.15, 0.2) is 0 Å². The maximum Gasteiger partial charge on any atom is 0.282 e. The van der Waals surface area contributed by atoms with Crippen LogP contribution in [0.5, 0.6) is 5.75 Å². The van der Waals surface area contributed by atoms with Crippen LogP contribution in [0.15, 0.2) is 24.5 Å². The van der Waals surface area contributed by atoms with Gasteiger partial charge in [0.05, 0.1) is 12.7 Å². The molecule has 0 N–H and O–H groups in total. The summed E-state index contributed by atoms with van der Waals surface area (Å²) >= 11 is 0. The van der Waals surface area contributed by atoms with Crippen LogP contribution >= 0.6 is 0 Å². The summed E-state index contributed by atoms with van der Waals surface area (Å²) in [5.74, 6) is 1.13. The highest BCUT2D eigenvalue weighted by Crippen LogP contribution is 2.25. The molecule has 0 bridgehead atoms. The fourth-order valence-electron chi connectivity index (χ4n) is 3.13. The van der Waals surface area contributed by atoms with E-state index in [2.05, 4.69) is 11.9 Å². The summed E-state index contributed by atoms with van der Waals surface area (Å²) in [6.45, 7) is 4.32. The number of nitrogens with zero attached hydrogens (tertiary/aromatic N) is 3. The van der Waals surface area contributed by atoms with E-state index in [4.69, 9.17) is 4.74 Å². The van der Waals surface area contributed by atoms with Gasteiger partial charge in [-0.25, -0.2) is 0 Å². The second-order valence-electron chi connectivity index (χ2n) is 6.19. The topological polar surface area (TPSA) is 62.7 Å². The molecular formula is C15H23N3O3S. The van der Waals surface area contributed by atoms with Crippen LogP contribution in [0, 0.1) is 5.92 Å². The van der Waals surface area contributed by atoms with Gasteiger partial charge in [0.2, 0.25) is 0 Å². The lowest BCUT2D eigenvalue weighted by atomic mass is 10.0. The van der Waals surface area contributed by atoms with Crippen LogP contribution in [0.1, 0.15) is 26.2 Å². The van der Waals surface area contributed by atoms with E-state index in [1.54, 1.807) is 21.0 Å². The Morgan fingerprint density at radius 2 is 2.05 bits per heavy atom. The molecule has 0 aliphatic carbocycles. The zero-order valence-electron chi connectivity index (χ0n) is 12.9. The average Bonchev–Trinajstić information content (AvgIpc) is 2.97. The summed E-state index contributed by atoms with van der Waals surface area (Å²) in [6, 6.07) is 3.66. The summed E-state index contributed by atoms with van der Waals surface area (Å²) in [6.07, 6.45) is 6.03. The van der Waals surface area contributed by atoms with E-state index < -0.39 is 10.2 Å². The maximum absolute atomic E-state index is 12.7. The molecule has 0 radical (unpaired) electrons. The van der Waals surface area contributed by atoms with Crippen LogP contribution in [0.4, 0.5) is 0 Å². The maximum atomic E-state index is 12.7. The number of aromatic nitrogens is 1. The fourth-order valence-corrected chi connectivity index (χ4v) is 4.95. The molecule has 0 spiro atoms. The molecule has 0 aromatic carbocycles. The van der Waals surface area contributed by atoms with Gasteiger partial charge in [-0.3, -0.25) is 4.98 Å². The second-order valence-corrected chi connectivity index (χ2v) is 8.12. The summed E-state index contributed by atoms with van der Waals surface area (Å²) in [4.78, 5) is 4.01. The molecule has 6 nitrogen and oxygen atoms in total. The minimum absolute atomic E-state index is 0.0961. The van der Waals surface area contributed by atoms with Crippen molar-refractivity contribution in [2.24, 2.45) is 5.92 Å². The number of piperidine rings is 1.